The van der Waals surface area contributed by atoms with E-state index in [1.165, 1.54) is 6.92 Å². The quantitative estimate of drug-likeness (QED) is 0.361. The maximum atomic E-state index is 14.1. The zero-order valence-corrected chi connectivity index (χ0v) is 23.0. The molecule has 0 radical (unpaired) electrons. The monoisotopic (exact) mass is 598 g/mol. The van der Waals surface area contributed by atoms with Gasteiger partial charge in [-0.05, 0) is 79.6 Å². The largest absolute Gasteiger partial charge is 0.403 e. The minimum Gasteiger partial charge on any atom is -0.326 e. The number of fused-ring (bicyclic) bond motifs is 3. The van der Waals surface area contributed by atoms with E-state index in [9.17, 15) is 36.3 Å². The van der Waals surface area contributed by atoms with Crippen molar-refractivity contribution < 1.29 is 36.3 Å². The van der Waals surface area contributed by atoms with Gasteiger partial charge in [-0.3, -0.25) is 14.4 Å². The number of aromatic nitrogens is 1. The van der Waals surface area contributed by atoms with Crippen molar-refractivity contribution >= 4 is 29.2 Å². The Morgan fingerprint density at radius 2 is 1.74 bits per heavy atom. The average molecular weight is 599 g/mol. The Morgan fingerprint density at radius 3 is 2.40 bits per heavy atom. The first kappa shape index (κ1) is 28.8. The maximum absolute atomic E-state index is 14.1. The van der Waals surface area contributed by atoms with Crippen LogP contribution in [0.15, 0.2) is 54.7 Å². The van der Waals surface area contributed by atoms with Crippen LogP contribution in [0.4, 0.5) is 33.5 Å². The first-order valence-electron chi connectivity index (χ1n) is 13.9. The van der Waals surface area contributed by atoms with Gasteiger partial charge in [0.1, 0.15) is 29.4 Å². The molecule has 1 aromatic heterocycles. The fraction of sp³-hybridized carbons (Fsp3) is 0.355. The lowest BCUT2D eigenvalue weighted by Gasteiger charge is -2.45. The van der Waals surface area contributed by atoms with Crippen molar-refractivity contribution in [2.24, 2.45) is 5.41 Å². The first-order valence-corrected chi connectivity index (χ1v) is 13.9. The van der Waals surface area contributed by atoms with Crippen molar-refractivity contribution in [2.75, 3.05) is 17.2 Å². The van der Waals surface area contributed by atoms with Crippen LogP contribution in [0, 0.1) is 17.0 Å². The van der Waals surface area contributed by atoms with E-state index in [1.807, 2.05) is 6.07 Å². The number of carbonyl (C=O) groups excluding carboxylic acids is 3. The van der Waals surface area contributed by atoms with Crippen molar-refractivity contribution in [3.63, 3.8) is 0 Å². The van der Waals surface area contributed by atoms with Crippen LogP contribution < -0.4 is 10.6 Å². The Bertz CT molecular complexity index is 1630. The van der Waals surface area contributed by atoms with Crippen molar-refractivity contribution in [1.82, 2.24) is 9.88 Å². The fourth-order valence-corrected chi connectivity index (χ4v) is 6.50. The van der Waals surface area contributed by atoms with Gasteiger partial charge in [0, 0.05) is 23.5 Å². The Morgan fingerprint density at radius 1 is 1.05 bits per heavy atom. The smallest absolute Gasteiger partial charge is 0.326 e. The van der Waals surface area contributed by atoms with Gasteiger partial charge in [0.05, 0.1) is 11.5 Å². The summed E-state index contributed by atoms with van der Waals surface area (Å²) in [5.41, 5.74) is -0.746. The van der Waals surface area contributed by atoms with Crippen molar-refractivity contribution in [3.8, 4) is 0 Å². The second-order valence-electron chi connectivity index (χ2n) is 11.6. The average Bonchev–Trinajstić information content (AvgIpc) is 3.41. The Kier molecular flexibility index (Phi) is 6.78. The van der Waals surface area contributed by atoms with E-state index in [-0.39, 0.29) is 17.9 Å². The summed E-state index contributed by atoms with van der Waals surface area (Å²) in [5.74, 6) is -3.68. The van der Waals surface area contributed by atoms with Gasteiger partial charge in [0.15, 0.2) is 0 Å². The van der Waals surface area contributed by atoms with E-state index in [1.54, 1.807) is 30.5 Å². The van der Waals surface area contributed by atoms with Gasteiger partial charge >= 0.3 is 6.18 Å². The standard InChI is InChI=1S/C31H27F5N4O3/c1-17(19-10-21(32)13-22(33)11-19)40(28(43)30(7-3-8-30)31(34,35)36)16-25(41)38-23-6-5-18-14-29(15-20(18)12-23)24-4-2-9-37-26(24)39-27(29)42/h2,4-6,9-13,17H,3,7-8,14-16H2,1H3,(H,38,41)(H,37,39,42)/t17-,29?/m1/s1. The highest BCUT2D eigenvalue weighted by atomic mass is 19.4. The molecule has 1 unspecified atom stereocenters. The minimum atomic E-state index is -4.86. The highest BCUT2D eigenvalue weighted by molar-refractivity contribution is 6.06. The number of rotatable bonds is 6. The van der Waals surface area contributed by atoms with Gasteiger partial charge in [0.25, 0.3) is 0 Å². The molecule has 1 spiro atoms. The topological polar surface area (TPSA) is 91.4 Å². The van der Waals surface area contributed by atoms with Crippen molar-refractivity contribution in [3.05, 3.63) is 88.6 Å². The first-order chi connectivity index (χ1) is 20.3. The van der Waals surface area contributed by atoms with Crippen LogP contribution in [0.25, 0.3) is 0 Å². The molecule has 2 N–H and O–H groups in total. The van der Waals surface area contributed by atoms with Crippen LogP contribution in [0.1, 0.15) is 54.5 Å². The molecule has 2 atom stereocenters. The molecule has 3 aliphatic rings. The van der Waals surface area contributed by atoms with E-state index in [0.29, 0.717) is 30.4 Å². The second-order valence-corrected chi connectivity index (χ2v) is 11.6. The van der Waals surface area contributed by atoms with E-state index in [0.717, 1.165) is 33.7 Å². The Labute approximate surface area is 243 Å². The van der Waals surface area contributed by atoms with E-state index in [4.69, 9.17) is 0 Å². The number of hydrogen-bond donors (Lipinski definition) is 2. The number of nitrogens with zero attached hydrogens (tertiary/aromatic N) is 2. The molecular formula is C31H27F5N4O3. The number of benzene rings is 2. The molecule has 2 aromatic carbocycles. The summed E-state index contributed by atoms with van der Waals surface area (Å²) in [5, 5.41) is 5.47. The predicted molar refractivity (Wildman–Crippen MR) is 146 cm³/mol. The highest BCUT2D eigenvalue weighted by Gasteiger charge is 2.64. The predicted octanol–water partition coefficient (Wildman–Crippen LogP) is 5.61. The molecule has 43 heavy (non-hydrogen) atoms. The summed E-state index contributed by atoms with van der Waals surface area (Å²) in [4.78, 5) is 44.7. The number of amides is 3. The third kappa shape index (κ3) is 4.72. The molecule has 2 heterocycles. The summed E-state index contributed by atoms with van der Waals surface area (Å²) in [6.07, 6.45) is -3.16. The lowest BCUT2D eigenvalue weighted by atomic mass is 9.67. The van der Waals surface area contributed by atoms with Gasteiger partial charge in [-0.25, -0.2) is 13.8 Å². The summed E-state index contributed by atoms with van der Waals surface area (Å²) in [6, 6.07) is 9.92. The van der Waals surface area contributed by atoms with E-state index in [2.05, 4.69) is 15.6 Å². The number of pyridine rings is 1. The second kappa shape index (κ2) is 10.1. The molecule has 3 amide bonds. The zero-order valence-electron chi connectivity index (χ0n) is 23.0. The third-order valence-electron chi connectivity index (χ3n) is 9.03. The molecule has 12 heteroatoms. The highest BCUT2D eigenvalue weighted by Crippen LogP contribution is 2.55. The number of hydrogen-bond acceptors (Lipinski definition) is 4. The molecule has 1 fully saturated rings. The molecule has 3 aromatic rings. The zero-order chi connectivity index (χ0) is 30.7. The van der Waals surface area contributed by atoms with E-state index >= 15 is 0 Å². The van der Waals surface area contributed by atoms with Crippen LogP contribution >= 0.6 is 0 Å². The minimum absolute atomic E-state index is 0.0808. The number of anilines is 2. The summed E-state index contributed by atoms with van der Waals surface area (Å²) in [6.45, 7) is 0.550. The van der Waals surface area contributed by atoms with Crippen LogP contribution in [0.2, 0.25) is 0 Å². The van der Waals surface area contributed by atoms with Crippen molar-refractivity contribution in [2.45, 2.75) is 56.7 Å². The Balaban J connectivity index is 1.25. The van der Waals surface area contributed by atoms with Gasteiger partial charge < -0.3 is 15.5 Å². The normalized spacial score (nSPS) is 20.6. The van der Waals surface area contributed by atoms with Crippen LogP contribution in [-0.4, -0.2) is 40.3 Å². The SMILES string of the molecule is C[C@H](c1cc(F)cc(F)c1)N(CC(=O)Nc1ccc2c(c1)CC1(C2)C(=O)Nc2ncccc21)C(=O)C1(C(F)(F)F)CCC1. The molecule has 2 aliphatic carbocycles. The molecule has 0 bridgehead atoms. The van der Waals surface area contributed by atoms with Crippen LogP contribution in [-0.2, 0) is 32.6 Å². The molecular weight excluding hydrogens is 571 g/mol. The van der Waals surface area contributed by atoms with E-state index < -0.39 is 65.9 Å². The number of alkyl halides is 3. The molecule has 0 saturated heterocycles. The molecule has 1 aliphatic heterocycles. The molecule has 6 rings (SSSR count). The molecule has 224 valence electrons. The van der Waals surface area contributed by atoms with Gasteiger partial charge in [0.2, 0.25) is 17.7 Å². The molecule has 1 saturated carbocycles. The Hall–Kier alpha value is -4.35. The number of nitrogens with one attached hydrogen (secondary N) is 2. The van der Waals surface area contributed by atoms with Crippen molar-refractivity contribution in [1.29, 1.82) is 0 Å². The van der Waals surface area contributed by atoms with Gasteiger partial charge in [-0.2, -0.15) is 13.2 Å². The summed E-state index contributed by atoms with van der Waals surface area (Å²) in [7, 11) is 0. The maximum Gasteiger partial charge on any atom is 0.403 e. The summed E-state index contributed by atoms with van der Waals surface area (Å²) < 4.78 is 70.3. The summed E-state index contributed by atoms with van der Waals surface area (Å²) >= 11 is 0. The lowest BCUT2D eigenvalue weighted by Crippen LogP contribution is -2.57. The van der Waals surface area contributed by atoms with Gasteiger partial charge in [-0.15, -0.1) is 0 Å². The van der Waals surface area contributed by atoms with Gasteiger partial charge in [-0.1, -0.05) is 18.6 Å². The number of carbonyl (C=O) groups is 3. The van der Waals surface area contributed by atoms with Crippen LogP contribution in [0.3, 0.4) is 0 Å². The number of halogens is 5. The van der Waals surface area contributed by atoms with Crippen LogP contribution in [0.5, 0.6) is 0 Å². The lowest BCUT2D eigenvalue weighted by molar-refractivity contribution is -0.249. The third-order valence-corrected chi connectivity index (χ3v) is 9.03. The molecule has 7 nitrogen and oxygen atoms in total. The fourth-order valence-electron chi connectivity index (χ4n) is 6.50.